The molecule has 2 aromatic heterocycles. The number of alkyl halides is 3. The molecule has 3 aromatic rings. The number of aromatic nitrogens is 3. The van der Waals surface area contributed by atoms with E-state index in [1.807, 2.05) is 0 Å². The van der Waals surface area contributed by atoms with E-state index in [-0.39, 0.29) is 35.3 Å². The van der Waals surface area contributed by atoms with E-state index in [9.17, 15) is 22.4 Å². The smallest absolute Gasteiger partial charge is 0.337 e. The molecule has 0 atom stereocenters. The second-order valence-electron chi connectivity index (χ2n) is 5.52. The number of nitrogens with zero attached hydrogens (tertiary/aromatic N) is 3. The van der Waals surface area contributed by atoms with Crippen LogP contribution in [0.4, 0.5) is 27.5 Å². The number of carbonyl (C=O) groups is 1. The molecule has 0 aliphatic carbocycles. The molecule has 0 fully saturated rings. The minimum absolute atomic E-state index is 0.109. The Morgan fingerprint density at radius 1 is 1.14 bits per heavy atom. The van der Waals surface area contributed by atoms with Gasteiger partial charge in [-0.1, -0.05) is 29.5 Å². The lowest BCUT2D eigenvalue weighted by molar-refractivity contribution is -0.140. The van der Waals surface area contributed by atoms with Crippen LogP contribution in [-0.4, -0.2) is 27.8 Å². The summed E-state index contributed by atoms with van der Waals surface area (Å²) in [6, 6.07) is 5.72. The summed E-state index contributed by atoms with van der Waals surface area (Å²) < 4.78 is 51.1. The predicted octanol–water partition coefficient (Wildman–Crippen LogP) is 4.11. The standard InChI is InChI=1S/C16H13F4N5OS2/c17-10-4-2-1-3-9(10)7-13-24-25-15(28-13)23-14(26)21-6-5-12-22-11(8-27-12)16(18,19)20/h1-4,8H,5-7H2,(H2,21,23,25,26). The predicted molar refractivity (Wildman–Crippen MR) is 97.0 cm³/mol. The van der Waals surface area contributed by atoms with Gasteiger partial charge in [-0.05, 0) is 11.6 Å². The van der Waals surface area contributed by atoms with Crippen molar-refractivity contribution in [3.8, 4) is 0 Å². The van der Waals surface area contributed by atoms with Crippen LogP contribution in [0.2, 0.25) is 0 Å². The van der Waals surface area contributed by atoms with E-state index >= 15 is 0 Å². The van der Waals surface area contributed by atoms with E-state index in [4.69, 9.17) is 0 Å². The van der Waals surface area contributed by atoms with E-state index in [2.05, 4.69) is 25.8 Å². The Kier molecular flexibility index (Phi) is 6.19. The summed E-state index contributed by atoms with van der Waals surface area (Å²) in [5.41, 5.74) is -0.468. The van der Waals surface area contributed by atoms with Crippen LogP contribution in [0, 0.1) is 5.82 Å². The highest BCUT2D eigenvalue weighted by molar-refractivity contribution is 7.15. The molecular formula is C16H13F4N5OS2. The van der Waals surface area contributed by atoms with Crippen molar-refractivity contribution in [3.05, 3.63) is 56.7 Å². The van der Waals surface area contributed by atoms with E-state index in [0.717, 1.165) is 28.1 Å². The van der Waals surface area contributed by atoms with Crippen molar-refractivity contribution >= 4 is 33.8 Å². The molecule has 2 amide bonds. The number of hydrogen-bond acceptors (Lipinski definition) is 6. The summed E-state index contributed by atoms with van der Waals surface area (Å²) in [5.74, 6) is -0.346. The quantitative estimate of drug-likeness (QED) is 0.576. The average molecular weight is 431 g/mol. The maximum atomic E-state index is 13.6. The molecule has 0 aliphatic rings. The molecule has 0 saturated carbocycles. The highest BCUT2D eigenvalue weighted by Crippen LogP contribution is 2.30. The van der Waals surface area contributed by atoms with Crippen LogP contribution < -0.4 is 10.6 Å². The van der Waals surface area contributed by atoms with Gasteiger partial charge in [0.25, 0.3) is 0 Å². The van der Waals surface area contributed by atoms with Crippen molar-refractivity contribution in [3.63, 3.8) is 0 Å². The topological polar surface area (TPSA) is 79.8 Å². The van der Waals surface area contributed by atoms with Gasteiger partial charge in [0.2, 0.25) is 5.13 Å². The third-order valence-electron chi connectivity index (χ3n) is 3.45. The molecule has 2 heterocycles. The van der Waals surface area contributed by atoms with E-state index in [1.165, 1.54) is 6.07 Å². The van der Waals surface area contributed by atoms with Crippen LogP contribution in [0.3, 0.4) is 0 Å². The Balaban J connectivity index is 1.46. The number of thiazole rings is 1. The molecule has 2 N–H and O–H groups in total. The first-order chi connectivity index (χ1) is 13.3. The van der Waals surface area contributed by atoms with Gasteiger partial charge in [0.05, 0.1) is 5.01 Å². The first-order valence-corrected chi connectivity index (χ1v) is 9.63. The molecule has 0 radical (unpaired) electrons. The summed E-state index contributed by atoms with van der Waals surface area (Å²) in [4.78, 5) is 15.3. The summed E-state index contributed by atoms with van der Waals surface area (Å²) in [6.07, 6.45) is -4.06. The fourth-order valence-electron chi connectivity index (χ4n) is 2.16. The Morgan fingerprint density at radius 2 is 1.93 bits per heavy atom. The zero-order chi connectivity index (χ0) is 20.1. The Labute approximate surface area is 164 Å². The third kappa shape index (κ3) is 5.45. The van der Waals surface area contributed by atoms with Crippen LogP contribution in [0.25, 0.3) is 0 Å². The molecular weight excluding hydrogens is 418 g/mol. The summed E-state index contributed by atoms with van der Waals surface area (Å²) in [6.45, 7) is 0.109. The summed E-state index contributed by atoms with van der Waals surface area (Å²) >= 11 is 1.99. The molecule has 28 heavy (non-hydrogen) atoms. The van der Waals surface area contributed by atoms with Gasteiger partial charge in [0.15, 0.2) is 5.69 Å². The van der Waals surface area contributed by atoms with Gasteiger partial charge in [0, 0.05) is 24.8 Å². The van der Waals surface area contributed by atoms with Gasteiger partial charge >= 0.3 is 12.2 Å². The number of anilines is 1. The molecule has 0 saturated heterocycles. The van der Waals surface area contributed by atoms with Crippen LogP contribution in [-0.2, 0) is 19.0 Å². The first kappa shape index (κ1) is 20.1. The van der Waals surface area contributed by atoms with Gasteiger partial charge < -0.3 is 5.32 Å². The van der Waals surface area contributed by atoms with E-state index in [1.54, 1.807) is 18.2 Å². The zero-order valence-electron chi connectivity index (χ0n) is 14.1. The maximum absolute atomic E-state index is 13.6. The lowest BCUT2D eigenvalue weighted by atomic mass is 10.1. The Hall–Kier alpha value is -2.60. The minimum atomic E-state index is -4.47. The molecule has 0 aliphatic heterocycles. The van der Waals surface area contributed by atoms with Crippen LogP contribution in [0.5, 0.6) is 0 Å². The van der Waals surface area contributed by atoms with Crippen molar-refractivity contribution in [1.29, 1.82) is 0 Å². The lowest BCUT2D eigenvalue weighted by Gasteiger charge is -2.03. The van der Waals surface area contributed by atoms with E-state index < -0.39 is 17.9 Å². The average Bonchev–Trinajstić information content (AvgIpc) is 3.26. The van der Waals surface area contributed by atoms with Gasteiger partial charge in [-0.2, -0.15) is 13.2 Å². The molecule has 0 bridgehead atoms. The van der Waals surface area contributed by atoms with Crippen molar-refractivity contribution in [2.45, 2.75) is 19.0 Å². The van der Waals surface area contributed by atoms with Gasteiger partial charge in [-0.25, -0.2) is 14.2 Å². The van der Waals surface area contributed by atoms with Crippen molar-refractivity contribution in [2.24, 2.45) is 0 Å². The fourth-order valence-corrected chi connectivity index (χ4v) is 3.72. The number of hydrogen-bond donors (Lipinski definition) is 2. The van der Waals surface area contributed by atoms with Gasteiger partial charge in [-0.3, -0.25) is 5.32 Å². The monoisotopic (exact) mass is 431 g/mol. The lowest BCUT2D eigenvalue weighted by Crippen LogP contribution is -2.30. The first-order valence-electron chi connectivity index (χ1n) is 7.93. The molecule has 3 rings (SSSR count). The van der Waals surface area contributed by atoms with Crippen LogP contribution in [0.15, 0.2) is 29.6 Å². The number of nitrogens with one attached hydrogen (secondary N) is 2. The Bertz CT molecular complexity index is 956. The second kappa shape index (κ2) is 8.61. The molecule has 12 heteroatoms. The largest absolute Gasteiger partial charge is 0.434 e. The SMILES string of the molecule is O=C(NCCc1nc(C(F)(F)F)cs1)Nc1nnc(Cc2ccccc2F)s1. The number of carbonyl (C=O) groups excluding carboxylic acids is 1. The van der Waals surface area contributed by atoms with E-state index in [0.29, 0.717) is 10.6 Å². The third-order valence-corrected chi connectivity index (χ3v) is 5.20. The van der Waals surface area contributed by atoms with Crippen molar-refractivity contribution in [1.82, 2.24) is 20.5 Å². The second-order valence-corrected chi connectivity index (χ2v) is 7.53. The van der Waals surface area contributed by atoms with Crippen molar-refractivity contribution in [2.75, 3.05) is 11.9 Å². The highest BCUT2D eigenvalue weighted by atomic mass is 32.1. The minimum Gasteiger partial charge on any atom is -0.337 e. The van der Waals surface area contributed by atoms with Crippen LogP contribution in [0.1, 0.15) is 21.3 Å². The molecule has 148 valence electrons. The summed E-state index contributed by atoms with van der Waals surface area (Å²) in [7, 11) is 0. The number of rotatable bonds is 6. The van der Waals surface area contributed by atoms with Gasteiger partial charge in [0.1, 0.15) is 10.8 Å². The molecule has 0 unspecified atom stereocenters. The Morgan fingerprint density at radius 3 is 2.64 bits per heavy atom. The number of amides is 2. The number of benzene rings is 1. The zero-order valence-corrected chi connectivity index (χ0v) is 15.7. The molecule has 1 aromatic carbocycles. The fraction of sp³-hybridized carbons (Fsp3) is 0.250. The number of halogens is 4. The summed E-state index contributed by atoms with van der Waals surface area (Å²) in [5, 5.41) is 14.7. The molecule has 6 nitrogen and oxygen atoms in total. The molecule has 0 spiro atoms. The number of urea groups is 1. The van der Waals surface area contributed by atoms with Crippen molar-refractivity contribution < 1.29 is 22.4 Å². The van der Waals surface area contributed by atoms with Gasteiger partial charge in [-0.15, -0.1) is 21.5 Å². The highest BCUT2D eigenvalue weighted by Gasteiger charge is 2.33. The maximum Gasteiger partial charge on any atom is 0.434 e. The van der Waals surface area contributed by atoms with Crippen LogP contribution >= 0.6 is 22.7 Å². The normalized spacial score (nSPS) is 11.4.